The maximum atomic E-state index is 5.96. The molecule has 7 heterocycles. The van der Waals surface area contributed by atoms with Crippen LogP contribution >= 0.6 is 0 Å². The first-order valence-corrected chi connectivity index (χ1v) is 13.5. The third kappa shape index (κ3) is 3.69. The molecule has 36 heavy (non-hydrogen) atoms. The quantitative estimate of drug-likeness (QED) is 0.548. The smallest absolute Gasteiger partial charge is 0.177 e. The van der Waals surface area contributed by atoms with Crippen LogP contribution in [0.25, 0.3) is 16.9 Å². The van der Waals surface area contributed by atoms with E-state index in [1.807, 2.05) is 21.6 Å². The molecule has 10 heteroatoms. The molecule has 7 rings (SSSR count). The lowest BCUT2D eigenvalue weighted by Gasteiger charge is -2.38. The van der Waals surface area contributed by atoms with Crippen LogP contribution in [-0.2, 0) is 14.2 Å². The summed E-state index contributed by atoms with van der Waals surface area (Å²) in [6.07, 6.45) is 7.57. The highest BCUT2D eigenvalue weighted by Gasteiger charge is 2.39. The van der Waals surface area contributed by atoms with Gasteiger partial charge in [-0.1, -0.05) is 0 Å². The van der Waals surface area contributed by atoms with Crippen LogP contribution < -0.4 is 9.80 Å². The molecule has 0 radical (unpaired) electrons. The lowest BCUT2D eigenvalue weighted by atomic mass is 10.1. The summed E-state index contributed by atoms with van der Waals surface area (Å²) < 4.78 is 21.5. The SMILES string of the molecule is Cc1nn(-c2ccn(C3CCCCO3)n2)c2nc(N3C4CCC3COC4)cc(N3CCOC[C@H]3C)c12. The zero-order valence-corrected chi connectivity index (χ0v) is 21.2. The van der Waals surface area contributed by atoms with Gasteiger partial charge in [0.15, 0.2) is 11.5 Å². The third-order valence-corrected chi connectivity index (χ3v) is 8.22. The Morgan fingerprint density at radius 1 is 0.944 bits per heavy atom. The first kappa shape index (κ1) is 22.5. The topological polar surface area (TPSA) is 82.7 Å². The van der Waals surface area contributed by atoms with E-state index in [2.05, 4.69) is 29.7 Å². The van der Waals surface area contributed by atoms with E-state index >= 15 is 0 Å². The number of morpholine rings is 2. The van der Waals surface area contributed by atoms with Crippen LogP contribution in [0, 0.1) is 6.92 Å². The first-order valence-electron chi connectivity index (χ1n) is 13.5. The number of fused-ring (bicyclic) bond motifs is 3. The van der Waals surface area contributed by atoms with Gasteiger partial charge in [0, 0.05) is 37.5 Å². The van der Waals surface area contributed by atoms with Crippen molar-refractivity contribution in [2.45, 2.75) is 70.3 Å². The zero-order chi connectivity index (χ0) is 24.2. The Morgan fingerprint density at radius 2 is 1.81 bits per heavy atom. The molecule has 10 nitrogen and oxygen atoms in total. The molecule has 3 aromatic heterocycles. The van der Waals surface area contributed by atoms with Crippen LogP contribution in [0.1, 0.15) is 50.9 Å². The molecule has 4 atom stereocenters. The first-order chi connectivity index (χ1) is 17.7. The Balaban J connectivity index is 1.37. The molecule has 4 saturated heterocycles. The molecule has 0 aromatic carbocycles. The van der Waals surface area contributed by atoms with E-state index in [-0.39, 0.29) is 12.3 Å². The molecular formula is C26H35N7O3. The van der Waals surface area contributed by atoms with Crippen molar-refractivity contribution >= 4 is 22.5 Å². The second-order valence-corrected chi connectivity index (χ2v) is 10.6. The number of nitrogens with zero attached hydrogens (tertiary/aromatic N) is 7. The number of ether oxygens (including phenoxy) is 3. The van der Waals surface area contributed by atoms with Crippen molar-refractivity contribution < 1.29 is 14.2 Å². The molecule has 0 N–H and O–H groups in total. The van der Waals surface area contributed by atoms with Crippen LogP contribution in [0.4, 0.5) is 11.5 Å². The summed E-state index contributed by atoms with van der Waals surface area (Å²) in [4.78, 5) is 10.2. The molecule has 192 valence electrons. The molecule has 4 aliphatic heterocycles. The van der Waals surface area contributed by atoms with Crippen molar-refractivity contribution in [1.29, 1.82) is 0 Å². The van der Waals surface area contributed by atoms with Gasteiger partial charge in [-0.05, 0) is 46.0 Å². The second-order valence-electron chi connectivity index (χ2n) is 10.6. The number of aryl methyl sites for hydroxylation is 1. The van der Waals surface area contributed by atoms with Gasteiger partial charge in [0.05, 0.1) is 55.3 Å². The predicted molar refractivity (Wildman–Crippen MR) is 136 cm³/mol. The molecule has 0 spiro atoms. The number of rotatable bonds is 4. The van der Waals surface area contributed by atoms with Crippen molar-refractivity contribution in [2.24, 2.45) is 0 Å². The minimum absolute atomic E-state index is 0.00678. The molecular weight excluding hydrogens is 458 g/mol. The molecule has 0 amide bonds. The van der Waals surface area contributed by atoms with Crippen LogP contribution in [0.5, 0.6) is 0 Å². The number of pyridine rings is 1. The van der Waals surface area contributed by atoms with Crippen molar-refractivity contribution in [2.75, 3.05) is 49.4 Å². The number of anilines is 2. The molecule has 4 aliphatic rings. The highest BCUT2D eigenvalue weighted by molar-refractivity contribution is 5.95. The average molecular weight is 494 g/mol. The molecule has 3 aromatic rings. The standard InChI is InChI=1S/C26H35N7O3/c1-17-14-34-12-10-30(17)21-13-23(32-19-6-7-20(32)16-35-15-19)27-26-25(21)18(2)28-33(26)22-8-9-31(29-22)24-5-3-4-11-36-24/h8-9,13,17,19-20,24H,3-7,10-12,14-16H2,1-2H3/t17-,19?,20?,24?/m1/s1. The van der Waals surface area contributed by atoms with Gasteiger partial charge in [-0.2, -0.15) is 14.9 Å². The molecule has 0 saturated carbocycles. The van der Waals surface area contributed by atoms with Crippen LogP contribution in [0.2, 0.25) is 0 Å². The normalized spacial score (nSPS) is 28.8. The fourth-order valence-corrected chi connectivity index (χ4v) is 6.39. The summed E-state index contributed by atoms with van der Waals surface area (Å²) in [6.45, 7) is 8.94. The van der Waals surface area contributed by atoms with Crippen LogP contribution in [0.3, 0.4) is 0 Å². The second kappa shape index (κ2) is 9.00. The maximum absolute atomic E-state index is 5.96. The molecule has 2 bridgehead atoms. The van der Waals surface area contributed by atoms with E-state index in [0.29, 0.717) is 12.1 Å². The highest BCUT2D eigenvalue weighted by Crippen LogP contribution is 2.39. The van der Waals surface area contributed by atoms with E-state index in [0.717, 1.165) is 100 Å². The predicted octanol–water partition coefficient (Wildman–Crippen LogP) is 3.22. The Hall–Kier alpha value is -2.69. The average Bonchev–Trinajstić information content (AvgIpc) is 3.59. The number of hydrogen-bond donors (Lipinski definition) is 0. The Morgan fingerprint density at radius 3 is 2.58 bits per heavy atom. The summed E-state index contributed by atoms with van der Waals surface area (Å²) in [5.41, 5.74) is 3.01. The zero-order valence-electron chi connectivity index (χ0n) is 21.2. The highest BCUT2D eigenvalue weighted by atomic mass is 16.5. The van der Waals surface area contributed by atoms with E-state index in [9.17, 15) is 0 Å². The summed E-state index contributed by atoms with van der Waals surface area (Å²) in [5, 5.41) is 11.0. The van der Waals surface area contributed by atoms with Gasteiger partial charge < -0.3 is 24.0 Å². The van der Waals surface area contributed by atoms with Gasteiger partial charge in [0.1, 0.15) is 12.0 Å². The Labute approximate surface area is 211 Å². The van der Waals surface area contributed by atoms with Gasteiger partial charge in [0.2, 0.25) is 0 Å². The lowest BCUT2D eigenvalue weighted by Crippen LogP contribution is -2.47. The molecule has 4 fully saturated rings. The van der Waals surface area contributed by atoms with Crippen molar-refractivity contribution in [3.05, 3.63) is 24.0 Å². The van der Waals surface area contributed by atoms with Gasteiger partial charge in [-0.3, -0.25) is 0 Å². The van der Waals surface area contributed by atoms with Gasteiger partial charge >= 0.3 is 0 Å². The summed E-state index contributed by atoms with van der Waals surface area (Å²) >= 11 is 0. The third-order valence-electron chi connectivity index (χ3n) is 8.22. The number of aromatic nitrogens is 5. The summed E-state index contributed by atoms with van der Waals surface area (Å²) in [7, 11) is 0. The molecule has 3 unspecified atom stereocenters. The fourth-order valence-electron chi connectivity index (χ4n) is 6.39. The van der Waals surface area contributed by atoms with E-state index < -0.39 is 0 Å². The van der Waals surface area contributed by atoms with Crippen LogP contribution in [0.15, 0.2) is 18.3 Å². The fraction of sp³-hybridized carbons (Fsp3) is 0.654. The van der Waals surface area contributed by atoms with Crippen molar-refractivity contribution in [1.82, 2.24) is 24.5 Å². The Bertz CT molecular complexity index is 1230. The van der Waals surface area contributed by atoms with Gasteiger partial charge in [0.25, 0.3) is 0 Å². The molecule has 0 aliphatic carbocycles. The summed E-state index contributed by atoms with van der Waals surface area (Å²) in [5.74, 6) is 1.79. The largest absolute Gasteiger partial charge is 0.377 e. The van der Waals surface area contributed by atoms with E-state index in [4.69, 9.17) is 29.4 Å². The minimum atomic E-state index is -0.00678. The van der Waals surface area contributed by atoms with Gasteiger partial charge in [-0.25, -0.2) is 9.67 Å². The number of hydrogen-bond acceptors (Lipinski definition) is 8. The van der Waals surface area contributed by atoms with E-state index in [1.54, 1.807) is 0 Å². The van der Waals surface area contributed by atoms with Crippen molar-refractivity contribution in [3.63, 3.8) is 0 Å². The summed E-state index contributed by atoms with van der Waals surface area (Å²) in [6, 6.07) is 5.35. The maximum Gasteiger partial charge on any atom is 0.177 e. The van der Waals surface area contributed by atoms with Gasteiger partial charge in [-0.15, -0.1) is 0 Å². The monoisotopic (exact) mass is 493 g/mol. The van der Waals surface area contributed by atoms with Crippen molar-refractivity contribution in [3.8, 4) is 5.82 Å². The lowest BCUT2D eigenvalue weighted by molar-refractivity contribution is -0.0395. The Kier molecular flexibility index (Phi) is 5.63. The van der Waals surface area contributed by atoms with E-state index in [1.165, 1.54) is 5.69 Å². The van der Waals surface area contributed by atoms with Crippen LogP contribution in [-0.4, -0.2) is 82.2 Å². The minimum Gasteiger partial charge on any atom is -0.377 e.